The fourth-order valence-electron chi connectivity index (χ4n) is 2.19. The molecule has 0 saturated carbocycles. The van der Waals surface area contributed by atoms with Crippen LogP contribution in [0, 0.1) is 6.92 Å². The predicted octanol–water partition coefficient (Wildman–Crippen LogP) is 0.747. The van der Waals surface area contributed by atoms with Gasteiger partial charge in [0.1, 0.15) is 5.82 Å². The Morgan fingerprint density at radius 3 is 2.78 bits per heavy atom. The number of nitrogens with two attached hydrogens (primary N) is 1. The highest BCUT2D eigenvalue weighted by Gasteiger charge is 2.30. The maximum Gasteiger partial charge on any atom is 0.148 e. The molecule has 0 radical (unpaired) electrons. The van der Waals surface area contributed by atoms with Crippen LogP contribution in [-0.4, -0.2) is 40.2 Å². The summed E-state index contributed by atoms with van der Waals surface area (Å²) < 4.78 is 7.09. The Bertz CT molecular complexity index is 410. The number of aryl methyl sites for hydroxylation is 2. The number of nitrogens with one attached hydrogen (secondary N) is 1. The van der Waals surface area contributed by atoms with Crippen LogP contribution in [0.1, 0.15) is 25.5 Å². The van der Waals surface area contributed by atoms with Crippen LogP contribution in [0.2, 0.25) is 0 Å². The van der Waals surface area contributed by atoms with E-state index in [9.17, 15) is 5.11 Å². The van der Waals surface area contributed by atoms with Crippen molar-refractivity contribution < 1.29 is 9.84 Å². The Kier molecular flexibility index (Phi) is 3.77. The van der Waals surface area contributed by atoms with Gasteiger partial charge in [-0.3, -0.25) is 0 Å². The number of hydrogen-bond acceptors (Lipinski definition) is 5. The molecule has 0 bridgehead atoms. The van der Waals surface area contributed by atoms with E-state index in [4.69, 9.17) is 10.5 Å². The van der Waals surface area contributed by atoms with Crippen molar-refractivity contribution in [3.05, 3.63) is 5.69 Å². The molecule has 2 rings (SSSR count). The van der Waals surface area contributed by atoms with Gasteiger partial charge < -0.3 is 20.9 Å². The van der Waals surface area contributed by atoms with Crippen LogP contribution in [0.25, 0.3) is 0 Å². The monoisotopic (exact) mass is 254 g/mol. The standard InChI is InChI=1S/C12H22N4O2/c1-3-16-11(10(13)9(2)15-16)14-8-12(17)4-6-18-7-5-12/h14,17H,3-8,13H2,1-2H3. The Morgan fingerprint density at radius 2 is 2.17 bits per heavy atom. The molecule has 102 valence electrons. The molecule has 2 heterocycles. The van der Waals surface area contributed by atoms with Crippen molar-refractivity contribution in [1.29, 1.82) is 0 Å². The highest BCUT2D eigenvalue weighted by Crippen LogP contribution is 2.25. The van der Waals surface area contributed by atoms with Crippen molar-refractivity contribution >= 4 is 11.5 Å². The average molecular weight is 254 g/mol. The predicted molar refractivity (Wildman–Crippen MR) is 70.5 cm³/mol. The number of hydrogen-bond donors (Lipinski definition) is 3. The van der Waals surface area contributed by atoms with Crippen molar-refractivity contribution in [3.8, 4) is 0 Å². The van der Waals surface area contributed by atoms with Gasteiger partial charge >= 0.3 is 0 Å². The minimum absolute atomic E-state index is 0.478. The van der Waals surface area contributed by atoms with Crippen molar-refractivity contribution in [3.63, 3.8) is 0 Å². The number of aromatic nitrogens is 2. The van der Waals surface area contributed by atoms with Gasteiger partial charge in [-0.25, -0.2) is 4.68 Å². The summed E-state index contributed by atoms with van der Waals surface area (Å²) in [6, 6.07) is 0. The molecular formula is C12H22N4O2. The average Bonchev–Trinajstić information content (AvgIpc) is 2.64. The lowest BCUT2D eigenvalue weighted by Gasteiger charge is -2.32. The third-order valence-corrected chi connectivity index (χ3v) is 3.48. The molecule has 1 aliphatic heterocycles. The van der Waals surface area contributed by atoms with Gasteiger partial charge in [0, 0.05) is 39.1 Å². The molecule has 0 aromatic carbocycles. The van der Waals surface area contributed by atoms with E-state index in [0.29, 0.717) is 38.3 Å². The number of rotatable bonds is 4. The van der Waals surface area contributed by atoms with Gasteiger partial charge in [0.05, 0.1) is 17.0 Å². The second-order valence-corrected chi connectivity index (χ2v) is 4.85. The lowest BCUT2D eigenvalue weighted by molar-refractivity contribution is -0.0544. The van der Waals surface area contributed by atoms with Crippen molar-refractivity contribution in [2.24, 2.45) is 0 Å². The lowest BCUT2D eigenvalue weighted by atomic mass is 9.94. The Morgan fingerprint density at radius 1 is 1.50 bits per heavy atom. The first-order chi connectivity index (χ1) is 8.56. The van der Waals surface area contributed by atoms with E-state index in [1.165, 1.54) is 0 Å². The number of ether oxygens (including phenoxy) is 1. The third-order valence-electron chi connectivity index (χ3n) is 3.48. The molecule has 1 aromatic rings. The molecular weight excluding hydrogens is 232 g/mol. The normalized spacial score (nSPS) is 18.8. The Hall–Kier alpha value is -1.27. The molecule has 1 fully saturated rings. The summed E-state index contributed by atoms with van der Waals surface area (Å²) in [4.78, 5) is 0. The molecule has 0 spiro atoms. The topological polar surface area (TPSA) is 85.3 Å². The van der Waals surface area contributed by atoms with Crippen LogP contribution >= 0.6 is 0 Å². The maximum atomic E-state index is 10.4. The largest absolute Gasteiger partial charge is 0.394 e. The Balaban J connectivity index is 2.05. The van der Waals surface area contributed by atoms with Gasteiger partial charge in [0.2, 0.25) is 0 Å². The zero-order chi connectivity index (χ0) is 13.2. The summed E-state index contributed by atoms with van der Waals surface area (Å²) >= 11 is 0. The van der Waals surface area contributed by atoms with Crippen LogP contribution in [-0.2, 0) is 11.3 Å². The van der Waals surface area contributed by atoms with E-state index in [-0.39, 0.29) is 0 Å². The van der Waals surface area contributed by atoms with Gasteiger partial charge in [0.15, 0.2) is 0 Å². The quantitative estimate of drug-likeness (QED) is 0.738. The minimum Gasteiger partial charge on any atom is -0.394 e. The zero-order valence-electron chi connectivity index (χ0n) is 11.1. The first-order valence-electron chi connectivity index (χ1n) is 6.42. The van der Waals surface area contributed by atoms with Gasteiger partial charge in [-0.15, -0.1) is 0 Å². The summed E-state index contributed by atoms with van der Waals surface area (Å²) in [6.07, 6.45) is 1.30. The van der Waals surface area contributed by atoms with E-state index >= 15 is 0 Å². The molecule has 0 atom stereocenters. The summed E-state index contributed by atoms with van der Waals surface area (Å²) in [5.74, 6) is 0.801. The fraction of sp³-hybridized carbons (Fsp3) is 0.750. The Labute approximate surface area is 107 Å². The summed E-state index contributed by atoms with van der Waals surface area (Å²) in [7, 11) is 0. The van der Waals surface area contributed by atoms with Crippen LogP contribution in [0.3, 0.4) is 0 Å². The molecule has 6 heteroatoms. The number of anilines is 2. The molecule has 0 unspecified atom stereocenters. The first kappa shape index (κ1) is 13.2. The van der Waals surface area contributed by atoms with Gasteiger partial charge in [-0.2, -0.15) is 5.10 Å². The second kappa shape index (κ2) is 5.16. The van der Waals surface area contributed by atoms with Crippen molar-refractivity contribution in [2.75, 3.05) is 30.8 Å². The molecule has 1 saturated heterocycles. The van der Waals surface area contributed by atoms with Crippen molar-refractivity contribution in [2.45, 2.75) is 38.8 Å². The molecule has 18 heavy (non-hydrogen) atoms. The van der Waals surface area contributed by atoms with Gasteiger partial charge in [0.25, 0.3) is 0 Å². The second-order valence-electron chi connectivity index (χ2n) is 4.85. The first-order valence-corrected chi connectivity index (χ1v) is 6.42. The number of aliphatic hydroxyl groups is 1. The summed E-state index contributed by atoms with van der Waals surface area (Å²) in [5, 5.41) is 18.0. The van der Waals surface area contributed by atoms with Gasteiger partial charge in [-0.1, -0.05) is 0 Å². The van der Waals surface area contributed by atoms with E-state index in [2.05, 4.69) is 10.4 Å². The van der Waals surface area contributed by atoms with E-state index < -0.39 is 5.60 Å². The van der Waals surface area contributed by atoms with Crippen LogP contribution < -0.4 is 11.1 Å². The lowest BCUT2D eigenvalue weighted by Crippen LogP contribution is -2.42. The summed E-state index contributed by atoms with van der Waals surface area (Å²) in [6.45, 7) is 6.35. The van der Waals surface area contributed by atoms with E-state index in [0.717, 1.165) is 18.1 Å². The fourth-order valence-corrected chi connectivity index (χ4v) is 2.19. The molecule has 0 aliphatic carbocycles. The molecule has 0 amide bonds. The van der Waals surface area contributed by atoms with Crippen LogP contribution in [0.5, 0.6) is 0 Å². The third kappa shape index (κ3) is 2.59. The zero-order valence-corrected chi connectivity index (χ0v) is 11.1. The summed E-state index contributed by atoms with van der Waals surface area (Å²) in [5.41, 5.74) is 6.76. The van der Waals surface area contributed by atoms with E-state index in [1.807, 2.05) is 18.5 Å². The SMILES string of the molecule is CCn1nc(C)c(N)c1NCC1(O)CCOCC1. The van der Waals surface area contributed by atoms with Crippen LogP contribution in [0.15, 0.2) is 0 Å². The molecule has 6 nitrogen and oxygen atoms in total. The van der Waals surface area contributed by atoms with Crippen molar-refractivity contribution in [1.82, 2.24) is 9.78 Å². The molecule has 1 aromatic heterocycles. The van der Waals surface area contributed by atoms with Gasteiger partial charge in [-0.05, 0) is 13.8 Å². The van der Waals surface area contributed by atoms with Crippen LogP contribution in [0.4, 0.5) is 11.5 Å². The maximum absolute atomic E-state index is 10.4. The highest BCUT2D eigenvalue weighted by atomic mass is 16.5. The molecule has 4 N–H and O–H groups in total. The smallest absolute Gasteiger partial charge is 0.148 e. The highest BCUT2D eigenvalue weighted by molar-refractivity contribution is 5.64. The minimum atomic E-state index is -0.707. The van der Waals surface area contributed by atoms with E-state index in [1.54, 1.807) is 0 Å². The number of nitrogens with zero attached hydrogens (tertiary/aromatic N) is 2. The number of nitrogen functional groups attached to an aromatic ring is 1. The molecule has 1 aliphatic rings.